The van der Waals surface area contributed by atoms with Crippen LogP contribution < -0.4 is 0 Å². The first-order chi connectivity index (χ1) is 13.0. The normalized spacial score (nSPS) is 11.6. The van der Waals surface area contributed by atoms with Crippen LogP contribution in [0.5, 0.6) is 0 Å². The van der Waals surface area contributed by atoms with Crippen molar-refractivity contribution in [2.24, 2.45) is 0 Å². The molecule has 2 aromatic heterocycles. The molecule has 1 N–H and O–H groups in total. The maximum atomic E-state index is 6.02. The van der Waals surface area contributed by atoms with Crippen molar-refractivity contribution < 1.29 is 4.52 Å². The maximum absolute atomic E-state index is 6.02. The average Bonchev–Trinajstić information content (AvgIpc) is 3.22. The largest absolute Gasteiger partial charge is 0.341 e. The molecule has 0 bridgehead atoms. The zero-order valence-electron chi connectivity index (χ0n) is 15.5. The summed E-state index contributed by atoms with van der Waals surface area (Å²) in [6.07, 6.45) is 0. The van der Waals surface area contributed by atoms with Crippen molar-refractivity contribution in [3.05, 3.63) is 64.3 Å². The van der Waals surface area contributed by atoms with Gasteiger partial charge >= 0.3 is 0 Å². The van der Waals surface area contributed by atoms with Crippen molar-refractivity contribution in [2.75, 3.05) is 7.05 Å². The van der Waals surface area contributed by atoms with Gasteiger partial charge in [-0.2, -0.15) is 4.98 Å². The molecule has 0 aliphatic heterocycles. The van der Waals surface area contributed by atoms with Crippen LogP contribution in [0.3, 0.4) is 0 Å². The third kappa shape index (κ3) is 3.86. The average molecular weight is 382 g/mol. The van der Waals surface area contributed by atoms with E-state index in [1.165, 1.54) is 11.1 Å². The Balaban J connectivity index is 1.46. The summed E-state index contributed by atoms with van der Waals surface area (Å²) in [6.45, 7) is 5.39. The second-order valence-corrected chi connectivity index (χ2v) is 7.27. The number of nitrogens with zero attached hydrogens (tertiary/aromatic N) is 4. The lowest BCUT2D eigenvalue weighted by Crippen LogP contribution is -2.18. The number of nitrogens with one attached hydrogen (secondary N) is 1. The van der Waals surface area contributed by atoms with Gasteiger partial charge in [0, 0.05) is 10.6 Å². The zero-order valence-corrected chi connectivity index (χ0v) is 16.2. The number of halogens is 1. The Morgan fingerprint density at radius 1 is 1.07 bits per heavy atom. The second-order valence-electron chi connectivity index (χ2n) is 6.83. The molecule has 4 aromatic rings. The highest BCUT2D eigenvalue weighted by molar-refractivity contribution is 6.30. The number of rotatable bonds is 5. The molecule has 27 heavy (non-hydrogen) atoms. The van der Waals surface area contributed by atoms with E-state index in [1.54, 1.807) is 0 Å². The minimum absolute atomic E-state index is 0.530. The minimum Gasteiger partial charge on any atom is -0.341 e. The van der Waals surface area contributed by atoms with Crippen LogP contribution >= 0.6 is 11.6 Å². The lowest BCUT2D eigenvalue weighted by molar-refractivity contribution is 0.257. The zero-order chi connectivity index (χ0) is 19.0. The second kappa shape index (κ2) is 7.13. The standard InChI is InChI=1S/C20H20ClN5O/c1-12-7-16-17(8-13(12)2)23-18(22-16)10-26(3)11-19-24-20(25-27-19)14-5-4-6-15(21)9-14/h4-9H,10-11H2,1-3H3,(H,22,23). The number of H-pyrrole nitrogens is 1. The molecule has 0 saturated heterocycles. The van der Waals surface area contributed by atoms with E-state index in [4.69, 9.17) is 16.1 Å². The quantitative estimate of drug-likeness (QED) is 0.550. The molecular weight excluding hydrogens is 362 g/mol. The molecule has 0 aliphatic rings. The number of fused-ring (bicyclic) bond motifs is 1. The van der Waals surface area contributed by atoms with Gasteiger partial charge in [-0.15, -0.1) is 0 Å². The van der Waals surface area contributed by atoms with E-state index in [-0.39, 0.29) is 0 Å². The molecule has 0 unspecified atom stereocenters. The van der Waals surface area contributed by atoms with E-state index in [2.05, 4.69) is 51.0 Å². The topological polar surface area (TPSA) is 70.8 Å². The summed E-state index contributed by atoms with van der Waals surface area (Å²) in [5.74, 6) is 2.00. The van der Waals surface area contributed by atoms with Gasteiger partial charge in [0.1, 0.15) is 5.82 Å². The van der Waals surface area contributed by atoms with Crippen molar-refractivity contribution in [1.29, 1.82) is 0 Å². The van der Waals surface area contributed by atoms with E-state index >= 15 is 0 Å². The van der Waals surface area contributed by atoms with Crippen LogP contribution in [0, 0.1) is 13.8 Å². The fraction of sp³-hybridized carbons (Fsp3) is 0.250. The smallest absolute Gasteiger partial charge is 0.241 e. The predicted octanol–water partition coefficient (Wildman–Crippen LogP) is 4.52. The van der Waals surface area contributed by atoms with E-state index in [1.807, 2.05) is 31.3 Å². The first kappa shape index (κ1) is 17.7. The minimum atomic E-state index is 0.530. The number of hydrogen-bond acceptors (Lipinski definition) is 5. The summed E-state index contributed by atoms with van der Waals surface area (Å²) in [5, 5.41) is 4.69. The highest BCUT2D eigenvalue weighted by Gasteiger charge is 2.13. The third-order valence-electron chi connectivity index (χ3n) is 4.52. The van der Waals surface area contributed by atoms with Crippen molar-refractivity contribution in [3.63, 3.8) is 0 Å². The molecule has 0 aliphatic carbocycles. The van der Waals surface area contributed by atoms with Gasteiger partial charge in [0.15, 0.2) is 0 Å². The molecule has 0 amide bonds. The number of aryl methyl sites for hydroxylation is 2. The molecule has 7 heteroatoms. The molecular formula is C20H20ClN5O. The number of hydrogen-bond donors (Lipinski definition) is 1. The fourth-order valence-electron chi connectivity index (χ4n) is 3.00. The first-order valence-corrected chi connectivity index (χ1v) is 9.08. The van der Waals surface area contributed by atoms with Gasteiger partial charge in [-0.1, -0.05) is 28.9 Å². The van der Waals surface area contributed by atoms with Crippen LogP contribution in [-0.4, -0.2) is 32.1 Å². The molecule has 2 aromatic carbocycles. The van der Waals surface area contributed by atoms with Gasteiger partial charge in [-0.3, -0.25) is 4.90 Å². The fourth-order valence-corrected chi connectivity index (χ4v) is 3.19. The molecule has 138 valence electrons. The van der Waals surface area contributed by atoms with Gasteiger partial charge in [-0.25, -0.2) is 4.98 Å². The number of aromatic nitrogens is 4. The van der Waals surface area contributed by atoms with Crippen molar-refractivity contribution in [1.82, 2.24) is 25.0 Å². The Morgan fingerprint density at radius 2 is 1.89 bits per heavy atom. The molecule has 2 heterocycles. The van der Waals surface area contributed by atoms with Gasteiger partial charge in [0.05, 0.1) is 24.1 Å². The van der Waals surface area contributed by atoms with Gasteiger partial charge in [0.25, 0.3) is 0 Å². The summed E-state index contributed by atoms with van der Waals surface area (Å²) in [6, 6.07) is 11.7. The van der Waals surface area contributed by atoms with Crippen LogP contribution in [0.25, 0.3) is 22.4 Å². The lowest BCUT2D eigenvalue weighted by Gasteiger charge is -2.11. The lowest BCUT2D eigenvalue weighted by atomic mass is 10.1. The molecule has 0 atom stereocenters. The van der Waals surface area contributed by atoms with Crippen LogP contribution in [0.2, 0.25) is 5.02 Å². The van der Waals surface area contributed by atoms with E-state index in [0.717, 1.165) is 22.4 Å². The van der Waals surface area contributed by atoms with E-state index < -0.39 is 0 Å². The summed E-state index contributed by atoms with van der Waals surface area (Å²) in [5.41, 5.74) is 5.38. The first-order valence-electron chi connectivity index (χ1n) is 8.71. The SMILES string of the molecule is Cc1cc2nc(CN(C)Cc3nc(-c4cccc(Cl)c4)no3)[nH]c2cc1C. The Hall–Kier alpha value is -2.70. The number of imidazole rings is 1. The van der Waals surface area contributed by atoms with Crippen LogP contribution in [0.15, 0.2) is 40.9 Å². The van der Waals surface area contributed by atoms with Crippen LogP contribution in [-0.2, 0) is 13.1 Å². The summed E-state index contributed by atoms with van der Waals surface area (Å²) in [7, 11) is 1.99. The highest BCUT2D eigenvalue weighted by Crippen LogP contribution is 2.21. The molecule has 0 spiro atoms. The summed E-state index contributed by atoms with van der Waals surface area (Å²) < 4.78 is 5.38. The van der Waals surface area contributed by atoms with E-state index in [0.29, 0.717) is 29.8 Å². The molecule has 0 fully saturated rings. The Kier molecular flexibility index (Phi) is 4.68. The van der Waals surface area contributed by atoms with Gasteiger partial charge in [-0.05, 0) is 56.3 Å². The highest BCUT2D eigenvalue weighted by atomic mass is 35.5. The van der Waals surface area contributed by atoms with Crippen molar-refractivity contribution in [2.45, 2.75) is 26.9 Å². The monoisotopic (exact) mass is 381 g/mol. The predicted molar refractivity (Wildman–Crippen MR) is 105 cm³/mol. The molecule has 6 nitrogen and oxygen atoms in total. The number of aromatic amines is 1. The molecule has 0 saturated carbocycles. The third-order valence-corrected chi connectivity index (χ3v) is 4.76. The summed E-state index contributed by atoms with van der Waals surface area (Å²) >= 11 is 6.02. The molecule has 4 rings (SSSR count). The van der Waals surface area contributed by atoms with Gasteiger partial charge < -0.3 is 9.51 Å². The van der Waals surface area contributed by atoms with E-state index in [9.17, 15) is 0 Å². The Bertz CT molecular complexity index is 1060. The maximum Gasteiger partial charge on any atom is 0.241 e. The Morgan fingerprint density at radius 3 is 2.70 bits per heavy atom. The Labute approximate surface area is 162 Å². The van der Waals surface area contributed by atoms with Crippen molar-refractivity contribution in [3.8, 4) is 11.4 Å². The van der Waals surface area contributed by atoms with Crippen LogP contribution in [0.4, 0.5) is 0 Å². The molecule has 0 radical (unpaired) electrons. The number of benzene rings is 2. The van der Waals surface area contributed by atoms with Crippen LogP contribution in [0.1, 0.15) is 22.8 Å². The van der Waals surface area contributed by atoms with Crippen molar-refractivity contribution >= 4 is 22.6 Å². The summed E-state index contributed by atoms with van der Waals surface area (Å²) in [4.78, 5) is 14.6. The van der Waals surface area contributed by atoms with Gasteiger partial charge in [0.2, 0.25) is 11.7 Å².